The summed E-state index contributed by atoms with van der Waals surface area (Å²) in [4.78, 5) is 7.34. The Morgan fingerprint density at radius 3 is 3.24 bits per heavy atom. The number of hydrogen-bond acceptors (Lipinski definition) is 2. The van der Waals surface area contributed by atoms with Crippen molar-refractivity contribution in [3.8, 4) is 0 Å². The van der Waals surface area contributed by atoms with E-state index in [2.05, 4.69) is 49.4 Å². The normalized spacial score (nSPS) is 18.3. The van der Waals surface area contributed by atoms with E-state index in [-0.39, 0.29) is 0 Å². The van der Waals surface area contributed by atoms with E-state index in [1.807, 2.05) is 6.20 Å². The minimum atomic E-state index is 0.451. The second-order valence-corrected chi connectivity index (χ2v) is 5.17. The number of nitrogens with zero attached hydrogens (tertiary/aromatic N) is 1. The zero-order chi connectivity index (χ0) is 11.7. The number of H-pyrrole nitrogens is 1. The van der Waals surface area contributed by atoms with Crippen molar-refractivity contribution in [2.45, 2.75) is 25.4 Å². The molecule has 0 saturated carbocycles. The van der Waals surface area contributed by atoms with Gasteiger partial charge in [-0.25, -0.2) is 4.98 Å². The van der Waals surface area contributed by atoms with Gasteiger partial charge in [-0.1, -0.05) is 28.1 Å². The lowest BCUT2D eigenvalue weighted by atomic mass is 10.1. The number of benzene rings is 1. The summed E-state index contributed by atoms with van der Waals surface area (Å²) in [5.41, 5.74) is 2.87. The van der Waals surface area contributed by atoms with Crippen LogP contribution < -0.4 is 5.32 Å². The van der Waals surface area contributed by atoms with Crippen LogP contribution in [0.4, 0.5) is 0 Å². The monoisotopic (exact) mass is 291 g/mol. The van der Waals surface area contributed by atoms with Crippen LogP contribution in [0.25, 0.3) is 0 Å². The zero-order valence-corrected chi connectivity index (χ0v) is 11.0. The predicted octanol–water partition coefficient (Wildman–Crippen LogP) is 2.95. The molecule has 3 rings (SSSR count). The second kappa shape index (κ2) is 4.63. The first-order chi connectivity index (χ1) is 8.34. The summed E-state index contributed by atoms with van der Waals surface area (Å²) in [5.74, 6) is 0.994. The second-order valence-electron chi connectivity index (χ2n) is 4.32. The Morgan fingerprint density at radius 2 is 2.41 bits per heavy atom. The van der Waals surface area contributed by atoms with Gasteiger partial charge in [0.15, 0.2) is 0 Å². The average Bonchev–Trinajstić information content (AvgIpc) is 2.95. The van der Waals surface area contributed by atoms with Crippen molar-refractivity contribution >= 4 is 15.9 Å². The summed E-state index contributed by atoms with van der Waals surface area (Å²) in [6.45, 7) is 0.795. The Labute approximate surface area is 109 Å². The quantitative estimate of drug-likeness (QED) is 0.913. The van der Waals surface area contributed by atoms with Crippen molar-refractivity contribution in [2.75, 3.05) is 0 Å². The van der Waals surface area contributed by atoms with Gasteiger partial charge in [-0.05, 0) is 30.0 Å². The molecule has 1 aliphatic carbocycles. The van der Waals surface area contributed by atoms with Crippen LogP contribution in [0.2, 0.25) is 0 Å². The highest BCUT2D eigenvalue weighted by Crippen LogP contribution is 2.35. The standard InChI is InChI=1S/C13H14BrN3/c14-11-3-1-2-10-9(11)4-5-12(10)17-8-13-15-6-7-16-13/h1-3,6-7,12,17H,4-5,8H2,(H,15,16). The SMILES string of the molecule is Brc1cccc2c1CCC2NCc1ncc[nH]1. The maximum Gasteiger partial charge on any atom is 0.120 e. The van der Waals surface area contributed by atoms with E-state index in [0.29, 0.717) is 6.04 Å². The first-order valence-corrected chi connectivity index (χ1v) is 6.63. The number of imidazole rings is 1. The number of nitrogens with one attached hydrogen (secondary N) is 2. The van der Waals surface area contributed by atoms with Crippen LogP contribution in [-0.2, 0) is 13.0 Å². The van der Waals surface area contributed by atoms with E-state index in [4.69, 9.17) is 0 Å². The lowest BCUT2D eigenvalue weighted by Crippen LogP contribution is -2.19. The number of aromatic nitrogens is 2. The van der Waals surface area contributed by atoms with Gasteiger partial charge in [-0.15, -0.1) is 0 Å². The largest absolute Gasteiger partial charge is 0.348 e. The van der Waals surface area contributed by atoms with E-state index < -0.39 is 0 Å². The number of fused-ring (bicyclic) bond motifs is 1. The van der Waals surface area contributed by atoms with Gasteiger partial charge in [0.1, 0.15) is 5.82 Å². The molecule has 1 aliphatic rings. The fourth-order valence-corrected chi connectivity index (χ4v) is 3.02. The molecule has 0 saturated heterocycles. The van der Waals surface area contributed by atoms with Crippen molar-refractivity contribution < 1.29 is 0 Å². The highest BCUT2D eigenvalue weighted by Gasteiger charge is 2.23. The molecule has 0 aliphatic heterocycles. The molecular formula is C13H14BrN3. The highest BCUT2D eigenvalue weighted by molar-refractivity contribution is 9.10. The molecule has 1 aromatic carbocycles. The molecule has 0 spiro atoms. The van der Waals surface area contributed by atoms with Gasteiger partial charge in [0, 0.05) is 22.9 Å². The molecule has 4 heteroatoms. The summed E-state index contributed by atoms with van der Waals surface area (Å²) >= 11 is 3.62. The van der Waals surface area contributed by atoms with E-state index >= 15 is 0 Å². The van der Waals surface area contributed by atoms with Crippen LogP contribution in [0.3, 0.4) is 0 Å². The smallest absolute Gasteiger partial charge is 0.120 e. The van der Waals surface area contributed by atoms with Gasteiger partial charge < -0.3 is 10.3 Å². The van der Waals surface area contributed by atoms with Gasteiger partial charge in [0.05, 0.1) is 6.54 Å². The molecule has 1 atom stereocenters. The number of halogens is 1. The minimum absolute atomic E-state index is 0.451. The minimum Gasteiger partial charge on any atom is -0.348 e. The Kier molecular flexibility index (Phi) is 2.99. The Bertz CT molecular complexity index is 507. The van der Waals surface area contributed by atoms with Crippen LogP contribution in [0.5, 0.6) is 0 Å². The molecule has 17 heavy (non-hydrogen) atoms. The van der Waals surface area contributed by atoms with Gasteiger partial charge in [0.2, 0.25) is 0 Å². The van der Waals surface area contributed by atoms with Crippen LogP contribution in [0.15, 0.2) is 35.1 Å². The molecule has 1 heterocycles. The molecule has 0 bridgehead atoms. The Morgan fingerprint density at radius 1 is 1.47 bits per heavy atom. The van der Waals surface area contributed by atoms with Crippen molar-refractivity contribution in [1.82, 2.24) is 15.3 Å². The third-order valence-electron chi connectivity index (χ3n) is 3.28. The maximum atomic E-state index is 4.22. The predicted molar refractivity (Wildman–Crippen MR) is 70.6 cm³/mol. The summed E-state index contributed by atoms with van der Waals surface area (Å²) in [6.07, 6.45) is 5.96. The van der Waals surface area contributed by atoms with Gasteiger partial charge in [-0.3, -0.25) is 0 Å². The molecule has 0 fully saturated rings. The van der Waals surface area contributed by atoms with Crippen LogP contribution in [0.1, 0.15) is 29.4 Å². The third-order valence-corrected chi connectivity index (χ3v) is 4.03. The fourth-order valence-electron chi connectivity index (χ4n) is 2.44. The molecule has 2 aromatic rings. The van der Waals surface area contributed by atoms with Crippen molar-refractivity contribution in [2.24, 2.45) is 0 Å². The summed E-state index contributed by atoms with van der Waals surface area (Å²) in [7, 11) is 0. The summed E-state index contributed by atoms with van der Waals surface area (Å²) in [5, 5.41) is 3.55. The van der Waals surface area contributed by atoms with E-state index in [1.54, 1.807) is 6.20 Å². The Hall–Kier alpha value is -1.13. The zero-order valence-electron chi connectivity index (χ0n) is 9.41. The lowest BCUT2D eigenvalue weighted by Gasteiger charge is -2.13. The molecule has 88 valence electrons. The number of hydrogen-bond donors (Lipinski definition) is 2. The van der Waals surface area contributed by atoms with E-state index in [9.17, 15) is 0 Å². The summed E-state index contributed by atoms with van der Waals surface area (Å²) < 4.78 is 1.23. The Balaban J connectivity index is 1.73. The fraction of sp³-hybridized carbons (Fsp3) is 0.308. The first-order valence-electron chi connectivity index (χ1n) is 5.83. The molecule has 1 unspecified atom stereocenters. The van der Waals surface area contributed by atoms with Crippen LogP contribution in [-0.4, -0.2) is 9.97 Å². The van der Waals surface area contributed by atoms with Crippen molar-refractivity contribution in [1.29, 1.82) is 0 Å². The van der Waals surface area contributed by atoms with Crippen LogP contribution in [0, 0.1) is 0 Å². The third kappa shape index (κ3) is 2.15. The molecule has 1 aromatic heterocycles. The highest BCUT2D eigenvalue weighted by atomic mass is 79.9. The first kappa shape index (κ1) is 11.0. The topological polar surface area (TPSA) is 40.7 Å². The van der Waals surface area contributed by atoms with Crippen molar-refractivity contribution in [3.63, 3.8) is 0 Å². The summed E-state index contributed by atoms with van der Waals surface area (Å²) in [6, 6.07) is 6.89. The molecular weight excluding hydrogens is 278 g/mol. The molecule has 0 amide bonds. The van der Waals surface area contributed by atoms with Gasteiger partial charge in [-0.2, -0.15) is 0 Å². The van der Waals surface area contributed by atoms with E-state index in [0.717, 1.165) is 18.8 Å². The number of aromatic amines is 1. The lowest BCUT2D eigenvalue weighted by molar-refractivity contribution is 0.521. The van der Waals surface area contributed by atoms with Crippen LogP contribution >= 0.6 is 15.9 Å². The van der Waals surface area contributed by atoms with Crippen molar-refractivity contribution in [3.05, 3.63) is 52.0 Å². The van der Waals surface area contributed by atoms with Gasteiger partial charge >= 0.3 is 0 Å². The van der Waals surface area contributed by atoms with Gasteiger partial charge in [0.25, 0.3) is 0 Å². The average molecular weight is 292 g/mol. The molecule has 2 N–H and O–H groups in total. The maximum absolute atomic E-state index is 4.22. The molecule has 0 radical (unpaired) electrons. The molecule has 3 nitrogen and oxygen atoms in total. The van der Waals surface area contributed by atoms with E-state index in [1.165, 1.54) is 22.0 Å². The number of rotatable bonds is 3.